The number of rotatable bonds is 2. The van der Waals surface area contributed by atoms with Crippen LogP contribution in [0, 0.1) is 11.8 Å². The summed E-state index contributed by atoms with van der Waals surface area (Å²) in [4.78, 5) is 38.8. The molecule has 4 rings (SSSR count). The summed E-state index contributed by atoms with van der Waals surface area (Å²) in [6.45, 7) is 3.66. The summed E-state index contributed by atoms with van der Waals surface area (Å²) in [5.41, 5.74) is -0.849. The lowest BCUT2D eigenvalue weighted by Gasteiger charge is -2.25. The minimum absolute atomic E-state index is 0.289. The molecule has 2 bridgehead atoms. The fourth-order valence-electron chi connectivity index (χ4n) is 4.18. The van der Waals surface area contributed by atoms with Gasteiger partial charge in [0.25, 0.3) is 0 Å². The van der Waals surface area contributed by atoms with Crippen LogP contribution in [-0.2, 0) is 19.1 Å². The molecule has 1 aromatic carbocycles. The van der Waals surface area contributed by atoms with Crippen LogP contribution in [0.15, 0.2) is 36.4 Å². The Morgan fingerprint density at radius 1 is 1.12 bits per heavy atom. The van der Waals surface area contributed by atoms with E-state index in [0.717, 1.165) is 0 Å². The molecule has 0 spiro atoms. The molecule has 124 valence electrons. The van der Waals surface area contributed by atoms with E-state index in [-0.39, 0.29) is 11.8 Å². The number of imide groups is 1. The number of esters is 1. The fraction of sp³-hybridized carbons (Fsp3) is 0.389. The Bertz CT molecular complexity index is 779. The Kier molecular flexibility index (Phi) is 2.85. The van der Waals surface area contributed by atoms with E-state index < -0.39 is 29.0 Å². The van der Waals surface area contributed by atoms with E-state index in [1.54, 1.807) is 18.2 Å². The molecule has 2 unspecified atom stereocenters. The Balaban J connectivity index is 1.76. The Morgan fingerprint density at radius 2 is 1.71 bits per heavy atom. The summed E-state index contributed by atoms with van der Waals surface area (Å²) in [6, 6.07) is 6.36. The van der Waals surface area contributed by atoms with E-state index in [1.165, 1.54) is 18.1 Å². The number of carbonyl (C=O) groups is 3. The Morgan fingerprint density at radius 3 is 2.25 bits per heavy atom. The SMILES string of the molecule is COC(=O)c1cccc(N2C(=O)C3C(C2=O)[C@]2(C)C=C[C@@]3(C)O2)c1. The van der Waals surface area contributed by atoms with Crippen LogP contribution in [0.25, 0.3) is 0 Å². The maximum absolute atomic E-state index is 13.0. The van der Waals surface area contributed by atoms with E-state index in [0.29, 0.717) is 11.3 Å². The van der Waals surface area contributed by atoms with Gasteiger partial charge in [0.2, 0.25) is 11.8 Å². The molecule has 1 aromatic rings. The van der Waals surface area contributed by atoms with Crippen molar-refractivity contribution >= 4 is 23.5 Å². The highest BCUT2D eigenvalue weighted by atomic mass is 16.5. The third kappa shape index (κ3) is 1.72. The fourth-order valence-corrected chi connectivity index (χ4v) is 4.18. The first kappa shape index (κ1) is 15.1. The topological polar surface area (TPSA) is 72.9 Å². The summed E-state index contributed by atoms with van der Waals surface area (Å²) in [5.74, 6) is -2.17. The van der Waals surface area contributed by atoms with Crippen LogP contribution in [0.5, 0.6) is 0 Å². The van der Waals surface area contributed by atoms with Crippen molar-refractivity contribution in [1.82, 2.24) is 0 Å². The van der Waals surface area contributed by atoms with Crippen LogP contribution in [-0.4, -0.2) is 36.1 Å². The first-order chi connectivity index (χ1) is 11.3. The first-order valence-electron chi connectivity index (χ1n) is 7.77. The molecule has 0 aromatic heterocycles. The summed E-state index contributed by atoms with van der Waals surface area (Å²) in [5, 5.41) is 0. The van der Waals surface area contributed by atoms with Crippen LogP contribution >= 0.6 is 0 Å². The van der Waals surface area contributed by atoms with Crippen molar-refractivity contribution in [2.75, 3.05) is 12.0 Å². The number of carbonyl (C=O) groups excluding carboxylic acids is 3. The van der Waals surface area contributed by atoms with E-state index in [2.05, 4.69) is 0 Å². The summed E-state index contributed by atoms with van der Waals surface area (Å²) in [7, 11) is 1.29. The third-order valence-electron chi connectivity index (χ3n) is 5.25. The molecule has 2 saturated heterocycles. The van der Waals surface area contributed by atoms with Crippen LogP contribution < -0.4 is 4.90 Å². The number of amides is 2. The molecule has 0 radical (unpaired) electrons. The number of anilines is 1. The van der Waals surface area contributed by atoms with Crippen molar-refractivity contribution in [1.29, 1.82) is 0 Å². The smallest absolute Gasteiger partial charge is 0.337 e. The summed E-state index contributed by atoms with van der Waals surface area (Å²) in [6.07, 6.45) is 3.74. The van der Waals surface area contributed by atoms with Gasteiger partial charge in [-0.05, 0) is 32.0 Å². The lowest BCUT2D eigenvalue weighted by atomic mass is 9.73. The van der Waals surface area contributed by atoms with E-state index in [4.69, 9.17) is 9.47 Å². The van der Waals surface area contributed by atoms with Gasteiger partial charge in [-0.2, -0.15) is 0 Å². The molecule has 0 N–H and O–H groups in total. The highest BCUT2D eigenvalue weighted by Crippen LogP contribution is 2.57. The van der Waals surface area contributed by atoms with Gasteiger partial charge >= 0.3 is 5.97 Å². The molecule has 24 heavy (non-hydrogen) atoms. The Hall–Kier alpha value is -2.47. The molecule has 0 aliphatic carbocycles. The monoisotopic (exact) mass is 327 g/mol. The van der Waals surface area contributed by atoms with Crippen LogP contribution in [0.3, 0.4) is 0 Å². The zero-order chi connectivity index (χ0) is 17.3. The van der Waals surface area contributed by atoms with Crippen molar-refractivity contribution in [3.8, 4) is 0 Å². The molecular formula is C18H17NO5. The second-order valence-electron chi connectivity index (χ2n) is 6.81. The van der Waals surface area contributed by atoms with Gasteiger partial charge in [0.05, 0.1) is 41.4 Å². The second kappa shape index (κ2) is 4.54. The molecule has 2 fully saturated rings. The predicted molar refractivity (Wildman–Crippen MR) is 84.3 cm³/mol. The lowest BCUT2D eigenvalue weighted by Crippen LogP contribution is -2.39. The maximum Gasteiger partial charge on any atom is 0.337 e. The second-order valence-corrected chi connectivity index (χ2v) is 6.81. The highest BCUT2D eigenvalue weighted by molar-refractivity contribution is 6.23. The molecule has 0 saturated carbocycles. The van der Waals surface area contributed by atoms with Gasteiger partial charge in [0.1, 0.15) is 0 Å². The van der Waals surface area contributed by atoms with Gasteiger partial charge in [-0.3, -0.25) is 9.59 Å². The molecule has 6 heteroatoms. The minimum atomic E-state index is -0.763. The molecule has 3 aliphatic heterocycles. The maximum atomic E-state index is 13.0. The number of methoxy groups -OCH3 is 1. The Labute approximate surface area is 139 Å². The van der Waals surface area contributed by atoms with Crippen LogP contribution in [0.4, 0.5) is 5.69 Å². The molecule has 4 atom stereocenters. The van der Waals surface area contributed by atoms with Crippen molar-refractivity contribution < 1.29 is 23.9 Å². The van der Waals surface area contributed by atoms with Gasteiger partial charge in [-0.15, -0.1) is 0 Å². The van der Waals surface area contributed by atoms with E-state index in [1.807, 2.05) is 26.0 Å². The molecule has 3 aliphatic rings. The van der Waals surface area contributed by atoms with Crippen LogP contribution in [0.2, 0.25) is 0 Å². The third-order valence-corrected chi connectivity index (χ3v) is 5.25. The number of hydrogen-bond acceptors (Lipinski definition) is 5. The van der Waals surface area contributed by atoms with Gasteiger partial charge in [-0.25, -0.2) is 9.69 Å². The number of nitrogens with zero attached hydrogens (tertiary/aromatic N) is 1. The lowest BCUT2D eigenvalue weighted by molar-refractivity contribution is -0.128. The normalized spacial score (nSPS) is 36.4. The van der Waals surface area contributed by atoms with E-state index in [9.17, 15) is 14.4 Å². The molecular weight excluding hydrogens is 310 g/mol. The van der Waals surface area contributed by atoms with Gasteiger partial charge in [-0.1, -0.05) is 18.2 Å². The average Bonchev–Trinajstić information content (AvgIpc) is 3.11. The minimum Gasteiger partial charge on any atom is -0.465 e. The molecule has 3 heterocycles. The van der Waals surface area contributed by atoms with Gasteiger partial charge in [0, 0.05) is 0 Å². The standard InChI is InChI=1S/C18H17NO5/c1-17-7-8-18(2,24-17)13-12(17)14(20)19(15(13)21)11-6-4-5-10(9-11)16(22)23-3/h4-9,12-13H,1-3H3/t12?,13?,17-,18+. The zero-order valence-electron chi connectivity index (χ0n) is 13.6. The van der Waals surface area contributed by atoms with Gasteiger partial charge < -0.3 is 9.47 Å². The van der Waals surface area contributed by atoms with Crippen molar-refractivity contribution in [3.05, 3.63) is 42.0 Å². The largest absolute Gasteiger partial charge is 0.465 e. The number of hydrogen-bond donors (Lipinski definition) is 0. The van der Waals surface area contributed by atoms with Crippen LogP contribution in [0.1, 0.15) is 24.2 Å². The van der Waals surface area contributed by atoms with Gasteiger partial charge in [0.15, 0.2) is 0 Å². The number of fused-ring (bicyclic) bond motifs is 5. The van der Waals surface area contributed by atoms with Crippen molar-refractivity contribution in [2.45, 2.75) is 25.0 Å². The molecule has 2 amide bonds. The molecule has 6 nitrogen and oxygen atoms in total. The summed E-state index contributed by atoms with van der Waals surface area (Å²) >= 11 is 0. The zero-order valence-corrected chi connectivity index (χ0v) is 13.6. The highest BCUT2D eigenvalue weighted by Gasteiger charge is 2.70. The quantitative estimate of drug-likeness (QED) is 0.470. The summed E-state index contributed by atoms with van der Waals surface area (Å²) < 4.78 is 10.7. The van der Waals surface area contributed by atoms with Crippen molar-refractivity contribution in [2.24, 2.45) is 11.8 Å². The predicted octanol–water partition coefficient (Wildman–Crippen LogP) is 1.70. The number of ether oxygens (including phenoxy) is 2. The average molecular weight is 327 g/mol. The van der Waals surface area contributed by atoms with E-state index >= 15 is 0 Å². The first-order valence-corrected chi connectivity index (χ1v) is 7.77. The number of benzene rings is 1. The van der Waals surface area contributed by atoms with Crippen molar-refractivity contribution in [3.63, 3.8) is 0 Å².